The van der Waals surface area contributed by atoms with Crippen molar-refractivity contribution in [3.63, 3.8) is 0 Å². The molecule has 30 heavy (non-hydrogen) atoms. The fraction of sp³-hybridized carbons (Fsp3) is 0.200. The Morgan fingerprint density at radius 2 is 1.90 bits per heavy atom. The van der Waals surface area contributed by atoms with E-state index in [1.807, 2.05) is 84.4 Å². The van der Waals surface area contributed by atoms with E-state index in [0.717, 1.165) is 52.3 Å². The van der Waals surface area contributed by atoms with Crippen LogP contribution >= 0.6 is 0 Å². The third kappa shape index (κ3) is 3.03. The third-order valence-corrected chi connectivity index (χ3v) is 5.95. The predicted octanol–water partition coefficient (Wildman–Crippen LogP) is 4.99. The van der Waals surface area contributed by atoms with E-state index in [1.165, 1.54) is 0 Å². The van der Waals surface area contributed by atoms with Crippen LogP contribution in [0.2, 0.25) is 0 Å². The van der Waals surface area contributed by atoms with Gasteiger partial charge in [-0.05, 0) is 49.6 Å². The Balaban J connectivity index is 1.46. The molecule has 0 aliphatic heterocycles. The number of carbonyl (C=O) groups is 1. The van der Waals surface area contributed by atoms with Crippen LogP contribution in [0.4, 0.5) is 5.69 Å². The first-order valence-electron chi connectivity index (χ1n) is 10.1. The molecule has 0 atom stereocenters. The summed E-state index contributed by atoms with van der Waals surface area (Å²) in [5.74, 6) is 0.780. The zero-order chi connectivity index (χ0) is 20.7. The van der Waals surface area contributed by atoms with E-state index in [2.05, 4.69) is 5.32 Å². The van der Waals surface area contributed by atoms with Gasteiger partial charge in [0.05, 0.1) is 18.2 Å². The van der Waals surface area contributed by atoms with Gasteiger partial charge in [-0.3, -0.25) is 4.79 Å². The molecular weight excluding hydrogens is 374 g/mol. The fourth-order valence-corrected chi connectivity index (χ4v) is 4.02. The summed E-state index contributed by atoms with van der Waals surface area (Å²) in [6, 6.07) is 19.8. The molecule has 0 radical (unpaired) electrons. The van der Waals surface area contributed by atoms with Crippen molar-refractivity contribution in [3.8, 4) is 17.0 Å². The number of ether oxygens (including phenoxy) is 1. The molecule has 5 nitrogen and oxygen atoms in total. The number of fused-ring (bicyclic) bond motifs is 1. The number of aromatic nitrogens is 2. The van der Waals surface area contributed by atoms with Gasteiger partial charge < -0.3 is 14.5 Å². The average molecular weight is 397 g/mol. The Kier molecular flexibility index (Phi) is 4.31. The quantitative estimate of drug-likeness (QED) is 0.516. The van der Waals surface area contributed by atoms with E-state index in [1.54, 1.807) is 7.11 Å². The lowest BCUT2D eigenvalue weighted by molar-refractivity contribution is -0.118. The number of carbonyl (C=O) groups excluding carboxylic acids is 1. The first kappa shape index (κ1) is 18.4. The molecule has 0 unspecified atom stereocenters. The van der Waals surface area contributed by atoms with E-state index >= 15 is 0 Å². The molecule has 5 heteroatoms. The van der Waals surface area contributed by atoms with Crippen LogP contribution in [0.1, 0.15) is 24.0 Å². The number of benzene rings is 2. The summed E-state index contributed by atoms with van der Waals surface area (Å²) in [6.45, 7) is 2.01. The lowest BCUT2D eigenvalue weighted by atomic mass is 9.93. The maximum absolute atomic E-state index is 13.3. The summed E-state index contributed by atoms with van der Waals surface area (Å²) in [4.78, 5) is 18.0. The average Bonchev–Trinajstić information content (AvgIpc) is 3.47. The molecule has 1 N–H and O–H groups in total. The van der Waals surface area contributed by atoms with Crippen LogP contribution in [0, 0.1) is 6.92 Å². The number of hydrogen-bond donors (Lipinski definition) is 1. The van der Waals surface area contributed by atoms with Crippen LogP contribution < -0.4 is 10.1 Å². The zero-order valence-corrected chi connectivity index (χ0v) is 17.1. The highest BCUT2D eigenvalue weighted by Gasteiger charge is 2.52. The number of imidazole rings is 1. The number of hydrogen-bond acceptors (Lipinski definition) is 3. The van der Waals surface area contributed by atoms with Crippen molar-refractivity contribution in [1.82, 2.24) is 9.38 Å². The number of para-hydroxylation sites is 1. The number of anilines is 1. The number of amides is 1. The molecule has 5 rings (SSSR count). The molecule has 2 aromatic carbocycles. The topological polar surface area (TPSA) is 55.6 Å². The second-order valence-corrected chi connectivity index (χ2v) is 7.86. The second-order valence-electron chi connectivity index (χ2n) is 7.86. The molecule has 0 bridgehead atoms. The monoisotopic (exact) mass is 397 g/mol. The highest BCUT2D eigenvalue weighted by molar-refractivity contribution is 6.02. The number of pyridine rings is 1. The maximum Gasteiger partial charge on any atom is 0.235 e. The Morgan fingerprint density at radius 1 is 1.10 bits per heavy atom. The number of nitrogens with zero attached hydrogens (tertiary/aromatic N) is 2. The van der Waals surface area contributed by atoms with Crippen molar-refractivity contribution < 1.29 is 9.53 Å². The molecular formula is C25H23N3O2. The standard InChI is InChI=1S/C25H23N3O2/c1-17-10-11-18(21-16-28-14-6-5-9-23(28)26-21)15-20(17)27-24(29)25(12-13-25)19-7-3-4-8-22(19)30-2/h3-11,14-16H,12-13H2,1-2H3,(H,27,29). The first-order valence-corrected chi connectivity index (χ1v) is 10.1. The Bertz CT molecular complexity index is 1220. The van der Waals surface area contributed by atoms with Crippen LogP contribution in [-0.4, -0.2) is 22.4 Å². The minimum atomic E-state index is -0.516. The summed E-state index contributed by atoms with van der Waals surface area (Å²) in [7, 11) is 1.65. The molecule has 2 aromatic heterocycles. The SMILES string of the molecule is COc1ccccc1C1(C(=O)Nc2cc(-c3cn4ccccc4n3)ccc2C)CC1. The van der Waals surface area contributed by atoms with Crippen LogP contribution in [0.25, 0.3) is 16.9 Å². The molecule has 1 aliphatic rings. The number of methoxy groups -OCH3 is 1. The number of rotatable bonds is 5. The van der Waals surface area contributed by atoms with Gasteiger partial charge >= 0.3 is 0 Å². The summed E-state index contributed by atoms with van der Waals surface area (Å²) < 4.78 is 7.51. The Labute approximate surface area is 175 Å². The van der Waals surface area contributed by atoms with Crippen LogP contribution in [0.15, 0.2) is 73.1 Å². The van der Waals surface area contributed by atoms with Crippen LogP contribution in [0.5, 0.6) is 5.75 Å². The molecule has 0 spiro atoms. The van der Waals surface area contributed by atoms with E-state index in [0.29, 0.717) is 0 Å². The van der Waals surface area contributed by atoms with Crippen molar-refractivity contribution >= 4 is 17.2 Å². The normalized spacial score (nSPS) is 14.5. The van der Waals surface area contributed by atoms with Gasteiger partial charge in [0.1, 0.15) is 11.4 Å². The van der Waals surface area contributed by atoms with E-state index in [9.17, 15) is 4.79 Å². The van der Waals surface area contributed by atoms with Gasteiger partial charge in [0.15, 0.2) is 0 Å². The van der Waals surface area contributed by atoms with Gasteiger partial charge in [-0.25, -0.2) is 4.98 Å². The fourth-order valence-electron chi connectivity index (χ4n) is 4.02. The van der Waals surface area contributed by atoms with Gasteiger partial charge in [-0.2, -0.15) is 0 Å². The van der Waals surface area contributed by atoms with Crippen molar-refractivity contribution in [1.29, 1.82) is 0 Å². The van der Waals surface area contributed by atoms with Crippen molar-refractivity contribution in [2.24, 2.45) is 0 Å². The first-order chi connectivity index (χ1) is 14.6. The summed E-state index contributed by atoms with van der Waals surface area (Å²) in [5, 5.41) is 3.18. The summed E-state index contributed by atoms with van der Waals surface area (Å²) in [5.41, 5.74) is 5.02. The van der Waals surface area contributed by atoms with Crippen LogP contribution in [-0.2, 0) is 10.2 Å². The second kappa shape index (κ2) is 7.02. The van der Waals surface area contributed by atoms with E-state index in [-0.39, 0.29) is 5.91 Å². The Hall–Kier alpha value is -3.60. The summed E-state index contributed by atoms with van der Waals surface area (Å²) in [6.07, 6.45) is 5.63. The maximum atomic E-state index is 13.3. The van der Waals surface area contributed by atoms with Crippen molar-refractivity contribution in [2.45, 2.75) is 25.2 Å². The number of nitrogens with one attached hydrogen (secondary N) is 1. The van der Waals surface area contributed by atoms with Gasteiger partial charge in [0, 0.05) is 29.2 Å². The van der Waals surface area contributed by atoms with Gasteiger partial charge in [0.2, 0.25) is 5.91 Å². The highest BCUT2D eigenvalue weighted by Crippen LogP contribution is 2.52. The highest BCUT2D eigenvalue weighted by atomic mass is 16.5. The largest absolute Gasteiger partial charge is 0.496 e. The smallest absolute Gasteiger partial charge is 0.235 e. The summed E-state index contributed by atoms with van der Waals surface area (Å²) >= 11 is 0. The minimum absolute atomic E-state index is 0.0160. The third-order valence-electron chi connectivity index (χ3n) is 5.95. The van der Waals surface area contributed by atoms with Gasteiger partial charge in [-0.1, -0.05) is 36.4 Å². The van der Waals surface area contributed by atoms with Crippen molar-refractivity contribution in [3.05, 3.63) is 84.2 Å². The lowest BCUT2D eigenvalue weighted by Gasteiger charge is -2.19. The molecule has 0 saturated heterocycles. The van der Waals surface area contributed by atoms with E-state index in [4.69, 9.17) is 9.72 Å². The van der Waals surface area contributed by atoms with Gasteiger partial charge in [0.25, 0.3) is 0 Å². The molecule has 1 fully saturated rings. The van der Waals surface area contributed by atoms with E-state index < -0.39 is 5.41 Å². The Morgan fingerprint density at radius 3 is 2.67 bits per heavy atom. The molecule has 4 aromatic rings. The lowest BCUT2D eigenvalue weighted by Crippen LogP contribution is -2.28. The zero-order valence-electron chi connectivity index (χ0n) is 17.1. The molecule has 1 amide bonds. The molecule has 2 heterocycles. The molecule has 1 aliphatic carbocycles. The predicted molar refractivity (Wildman–Crippen MR) is 118 cm³/mol. The molecule has 150 valence electrons. The van der Waals surface area contributed by atoms with Crippen LogP contribution in [0.3, 0.4) is 0 Å². The number of aryl methyl sites for hydroxylation is 1. The minimum Gasteiger partial charge on any atom is -0.496 e. The molecule has 1 saturated carbocycles. The van der Waals surface area contributed by atoms with Gasteiger partial charge in [-0.15, -0.1) is 0 Å². The van der Waals surface area contributed by atoms with Crippen molar-refractivity contribution in [2.75, 3.05) is 12.4 Å².